The Morgan fingerprint density at radius 3 is 2.62 bits per heavy atom. The number of benzene rings is 1. The molecule has 9 heteroatoms. The third kappa shape index (κ3) is 3.83. The molecule has 9 nitrogen and oxygen atoms in total. The number of nitrogens with two attached hydrogens (primary N) is 1. The van der Waals surface area contributed by atoms with Crippen LogP contribution < -0.4 is 15.4 Å². The molecule has 0 saturated carbocycles. The molecular formula is C20H27N7O2. The molecule has 0 unspecified atom stereocenters. The van der Waals surface area contributed by atoms with Gasteiger partial charge in [0.1, 0.15) is 11.6 Å². The molecular weight excluding hydrogens is 370 g/mol. The molecule has 0 aliphatic carbocycles. The minimum atomic E-state index is 0.550. The number of rotatable bonds is 6. The minimum absolute atomic E-state index is 0.550. The Kier molecular flexibility index (Phi) is 5.50. The van der Waals surface area contributed by atoms with Crippen LogP contribution in [0.15, 0.2) is 24.3 Å². The molecule has 1 aromatic carbocycles. The van der Waals surface area contributed by atoms with Gasteiger partial charge in [-0.25, -0.2) is 4.98 Å². The van der Waals surface area contributed by atoms with Gasteiger partial charge in [0.15, 0.2) is 5.65 Å². The van der Waals surface area contributed by atoms with Gasteiger partial charge < -0.3 is 20.1 Å². The first kappa shape index (κ1) is 19.4. The first-order valence-corrected chi connectivity index (χ1v) is 9.71. The smallest absolute Gasteiger partial charge is 0.228 e. The van der Waals surface area contributed by atoms with Crippen LogP contribution in [-0.4, -0.2) is 78.2 Å². The van der Waals surface area contributed by atoms with Crippen LogP contribution in [0.1, 0.15) is 0 Å². The Bertz CT molecular complexity index is 996. The highest BCUT2D eigenvalue weighted by molar-refractivity contribution is 5.99. The second-order valence-electron chi connectivity index (χ2n) is 7.13. The number of aromatic nitrogens is 4. The number of piperazine rings is 1. The van der Waals surface area contributed by atoms with E-state index in [0.29, 0.717) is 17.4 Å². The van der Waals surface area contributed by atoms with Gasteiger partial charge in [-0.05, 0) is 12.1 Å². The number of hydrogen-bond acceptors (Lipinski definition) is 8. The molecule has 1 aliphatic heterocycles. The van der Waals surface area contributed by atoms with Gasteiger partial charge >= 0.3 is 0 Å². The van der Waals surface area contributed by atoms with Crippen LogP contribution in [0.4, 0.5) is 11.8 Å². The van der Waals surface area contributed by atoms with Gasteiger partial charge in [-0.15, -0.1) is 0 Å². The lowest BCUT2D eigenvalue weighted by molar-refractivity contribution is 0.144. The molecule has 0 amide bonds. The fourth-order valence-corrected chi connectivity index (χ4v) is 3.62. The fraction of sp³-hybridized carbons (Fsp3) is 0.450. The predicted octanol–water partition coefficient (Wildman–Crippen LogP) is 1.39. The maximum atomic E-state index is 6.30. The van der Waals surface area contributed by atoms with Crippen molar-refractivity contribution < 1.29 is 9.47 Å². The molecule has 1 fully saturated rings. The summed E-state index contributed by atoms with van der Waals surface area (Å²) in [5.74, 6) is 2.00. The largest absolute Gasteiger partial charge is 0.497 e. The van der Waals surface area contributed by atoms with E-state index in [-0.39, 0.29) is 0 Å². The molecule has 1 saturated heterocycles. The second-order valence-corrected chi connectivity index (χ2v) is 7.13. The van der Waals surface area contributed by atoms with Crippen molar-refractivity contribution in [3.8, 4) is 17.0 Å². The number of aryl methyl sites for hydroxylation is 1. The van der Waals surface area contributed by atoms with Crippen LogP contribution in [0.5, 0.6) is 5.75 Å². The maximum Gasteiger partial charge on any atom is 0.228 e. The van der Waals surface area contributed by atoms with Crippen LogP contribution in [-0.2, 0) is 11.8 Å². The van der Waals surface area contributed by atoms with Gasteiger partial charge in [-0.3, -0.25) is 9.58 Å². The summed E-state index contributed by atoms with van der Waals surface area (Å²) < 4.78 is 12.2. The zero-order valence-electron chi connectivity index (χ0n) is 17.1. The lowest BCUT2D eigenvalue weighted by Crippen LogP contribution is -2.47. The number of anilines is 2. The van der Waals surface area contributed by atoms with Crippen molar-refractivity contribution in [3.05, 3.63) is 24.3 Å². The number of hydrogen-bond donors (Lipinski definition) is 1. The number of nitrogen functional groups attached to an aromatic ring is 1. The summed E-state index contributed by atoms with van der Waals surface area (Å²) in [6.45, 7) is 5.29. The topological polar surface area (TPSA) is 94.6 Å². The third-order valence-corrected chi connectivity index (χ3v) is 5.34. The lowest BCUT2D eigenvalue weighted by Gasteiger charge is -2.34. The highest BCUT2D eigenvalue weighted by atomic mass is 16.5. The summed E-state index contributed by atoms with van der Waals surface area (Å²) in [5.41, 5.74) is 8.61. The first-order chi connectivity index (χ1) is 14.1. The van der Waals surface area contributed by atoms with Gasteiger partial charge in [0, 0.05) is 52.4 Å². The van der Waals surface area contributed by atoms with Crippen molar-refractivity contribution in [1.29, 1.82) is 0 Å². The van der Waals surface area contributed by atoms with Crippen LogP contribution in [0.3, 0.4) is 0 Å². The van der Waals surface area contributed by atoms with E-state index in [0.717, 1.165) is 61.7 Å². The normalized spacial score (nSPS) is 15.2. The standard InChI is InChI=1S/C20H27N7O2/c1-25-18(21)16-17(14-5-4-6-15(13-14)29-3)22-20(23-19(16)24-25)27-9-7-26(8-10-27)11-12-28-2/h4-6,13H,7-12,21H2,1-3H3. The predicted molar refractivity (Wildman–Crippen MR) is 113 cm³/mol. The molecule has 4 rings (SSSR count). The van der Waals surface area contributed by atoms with E-state index in [1.165, 1.54) is 0 Å². The number of ether oxygens (including phenoxy) is 2. The Balaban J connectivity index is 1.71. The molecule has 0 spiro atoms. The van der Waals surface area contributed by atoms with Crippen molar-refractivity contribution in [2.24, 2.45) is 7.05 Å². The number of methoxy groups -OCH3 is 2. The number of fused-ring (bicyclic) bond motifs is 1. The third-order valence-electron chi connectivity index (χ3n) is 5.34. The molecule has 0 radical (unpaired) electrons. The number of nitrogens with zero attached hydrogens (tertiary/aromatic N) is 6. The average molecular weight is 397 g/mol. The summed E-state index contributed by atoms with van der Waals surface area (Å²) in [6.07, 6.45) is 0. The van der Waals surface area contributed by atoms with E-state index in [1.54, 1.807) is 18.9 Å². The van der Waals surface area contributed by atoms with Crippen LogP contribution in [0.2, 0.25) is 0 Å². The van der Waals surface area contributed by atoms with Crippen molar-refractivity contribution in [2.75, 3.05) is 64.2 Å². The Labute approximate surface area is 170 Å². The van der Waals surface area contributed by atoms with E-state index in [9.17, 15) is 0 Å². The van der Waals surface area contributed by atoms with Crippen LogP contribution >= 0.6 is 0 Å². The average Bonchev–Trinajstić information content (AvgIpc) is 3.05. The fourth-order valence-electron chi connectivity index (χ4n) is 3.62. The molecule has 2 N–H and O–H groups in total. The summed E-state index contributed by atoms with van der Waals surface area (Å²) in [7, 11) is 5.21. The molecule has 0 bridgehead atoms. The van der Waals surface area contributed by atoms with E-state index < -0.39 is 0 Å². The summed E-state index contributed by atoms with van der Waals surface area (Å²) >= 11 is 0. The first-order valence-electron chi connectivity index (χ1n) is 9.71. The van der Waals surface area contributed by atoms with Gasteiger partial charge in [-0.1, -0.05) is 12.1 Å². The highest BCUT2D eigenvalue weighted by Gasteiger charge is 2.23. The summed E-state index contributed by atoms with van der Waals surface area (Å²) in [5, 5.41) is 5.27. The zero-order chi connectivity index (χ0) is 20.4. The van der Waals surface area contributed by atoms with Crippen molar-refractivity contribution in [3.63, 3.8) is 0 Å². The van der Waals surface area contributed by atoms with Crippen molar-refractivity contribution >= 4 is 22.8 Å². The van der Waals surface area contributed by atoms with Crippen molar-refractivity contribution in [1.82, 2.24) is 24.6 Å². The molecule has 1 aliphatic rings. The molecule has 0 atom stereocenters. The van der Waals surface area contributed by atoms with E-state index in [4.69, 9.17) is 25.2 Å². The Morgan fingerprint density at radius 2 is 1.90 bits per heavy atom. The summed E-state index contributed by atoms with van der Waals surface area (Å²) in [4.78, 5) is 14.2. The van der Waals surface area contributed by atoms with E-state index in [2.05, 4.69) is 14.9 Å². The Hall–Kier alpha value is -2.91. The molecule has 3 aromatic rings. The molecule has 29 heavy (non-hydrogen) atoms. The Morgan fingerprint density at radius 1 is 1.10 bits per heavy atom. The summed E-state index contributed by atoms with van der Waals surface area (Å²) in [6, 6.07) is 7.82. The lowest BCUT2D eigenvalue weighted by atomic mass is 10.1. The van der Waals surface area contributed by atoms with E-state index >= 15 is 0 Å². The second kappa shape index (κ2) is 8.22. The zero-order valence-corrected chi connectivity index (χ0v) is 17.1. The van der Waals surface area contributed by atoms with Gasteiger partial charge in [0.2, 0.25) is 5.95 Å². The molecule has 154 valence electrons. The minimum Gasteiger partial charge on any atom is -0.497 e. The SMILES string of the molecule is COCCN1CCN(c2nc(-c3cccc(OC)c3)c3c(N)n(C)nc3n2)CC1. The van der Waals surface area contributed by atoms with Crippen LogP contribution in [0, 0.1) is 0 Å². The monoisotopic (exact) mass is 397 g/mol. The molecule has 2 aromatic heterocycles. The van der Waals surface area contributed by atoms with Gasteiger partial charge in [-0.2, -0.15) is 10.1 Å². The van der Waals surface area contributed by atoms with Gasteiger partial charge in [0.05, 0.1) is 24.8 Å². The van der Waals surface area contributed by atoms with E-state index in [1.807, 2.05) is 31.3 Å². The van der Waals surface area contributed by atoms with Crippen molar-refractivity contribution in [2.45, 2.75) is 0 Å². The maximum absolute atomic E-state index is 6.30. The van der Waals surface area contributed by atoms with Gasteiger partial charge in [0.25, 0.3) is 0 Å². The highest BCUT2D eigenvalue weighted by Crippen LogP contribution is 2.33. The quantitative estimate of drug-likeness (QED) is 0.667. The van der Waals surface area contributed by atoms with Crippen LogP contribution in [0.25, 0.3) is 22.3 Å². The molecule has 3 heterocycles.